The number of aliphatic hydroxyl groups excluding tert-OH is 1. The third-order valence-electron chi connectivity index (χ3n) is 3.63. The molecule has 1 atom stereocenters. The van der Waals surface area contributed by atoms with E-state index in [9.17, 15) is 5.11 Å². The normalized spacial score (nSPS) is 13.0. The number of fused-ring (bicyclic) bond motifs is 1. The predicted molar refractivity (Wildman–Crippen MR) is 101 cm³/mol. The van der Waals surface area contributed by atoms with E-state index in [1.807, 2.05) is 12.1 Å². The standard InChI is InChI=1S/C18H20N2O5S/c1-22-14-3-5-15(6-4-14)23-10-13(21)9-19-18(26)20-12-2-7-16-17(8-12)25-11-24-16/h2-8,13,21H,9-11H2,1H3,(H2,19,20,26)/t13-/m1/s1. The zero-order valence-corrected chi connectivity index (χ0v) is 15.0. The molecule has 0 fully saturated rings. The van der Waals surface area contributed by atoms with Gasteiger partial charge < -0.3 is 34.7 Å². The molecule has 8 heteroatoms. The van der Waals surface area contributed by atoms with Crippen LogP contribution in [-0.4, -0.2) is 43.4 Å². The molecule has 0 saturated carbocycles. The van der Waals surface area contributed by atoms with E-state index in [0.29, 0.717) is 22.4 Å². The maximum atomic E-state index is 10.0. The smallest absolute Gasteiger partial charge is 0.231 e. The second-order valence-electron chi connectivity index (χ2n) is 5.54. The van der Waals surface area contributed by atoms with E-state index in [2.05, 4.69) is 10.6 Å². The van der Waals surface area contributed by atoms with E-state index in [-0.39, 0.29) is 19.9 Å². The Morgan fingerprint density at radius 2 is 1.88 bits per heavy atom. The van der Waals surface area contributed by atoms with E-state index in [0.717, 1.165) is 11.4 Å². The number of ether oxygens (including phenoxy) is 4. The highest BCUT2D eigenvalue weighted by molar-refractivity contribution is 7.80. The predicted octanol–water partition coefficient (Wildman–Crippen LogP) is 2.15. The quantitative estimate of drug-likeness (QED) is 0.635. The summed E-state index contributed by atoms with van der Waals surface area (Å²) in [6, 6.07) is 12.6. The van der Waals surface area contributed by atoms with Gasteiger partial charge in [0.15, 0.2) is 16.6 Å². The molecule has 0 aliphatic carbocycles. The first-order valence-corrected chi connectivity index (χ1v) is 8.44. The molecule has 1 aliphatic rings. The Labute approximate surface area is 156 Å². The lowest BCUT2D eigenvalue weighted by Crippen LogP contribution is -2.37. The molecule has 138 valence electrons. The summed E-state index contributed by atoms with van der Waals surface area (Å²) >= 11 is 5.23. The molecule has 0 bridgehead atoms. The number of hydrogen-bond acceptors (Lipinski definition) is 6. The average molecular weight is 376 g/mol. The molecule has 3 N–H and O–H groups in total. The monoisotopic (exact) mass is 376 g/mol. The van der Waals surface area contributed by atoms with Crippen molar-refractivity contribution >= 4 is 23.0 Å². The zero-order valence-electron chi connectivity index (χ0n) is 14.2. The molecule has 0 aromatic heterocycles. The van der Waals surface area contributed by atoms with Crippen LogP contribution in [-0.2, 0) is 0 Å². The van der Waals surface area contributed by atoms with Crippen LogP contribution in [0.2, 0.25) is 0 Å². The number of rotatable bonds is 7. The minimum Gasteiger partial charge on any atom is -0.497 e. The molecule has 0 saturated heterocycles. The Bertz CT molecular complexity index is 754. The maximum Gasteiger partial charge on any atom is 0.231 e. The minimum absolute atomic E-state index is 0.145. The minimum atomic E-state index is -0.714. The molecular formula is C18H20N2O5S. The van der Waals surface area contributed by atoms with Crippen LogP contribution in [0.3, 0.4) is 0 Å². The van der Waals surface area contributed by atoms with Crippen LogP contribution in [0.5, 0.6) is 23.0 Å². The highest BCUT2D eigenvalue weighted by Crippen LogP contribution is 2.34. The second-order valence-corrected chi connectivity index (χ2v) is 5.95. The number of thiocarbonyl (C=S) groups is 1. The molecule has 2 aromatic carbocycles. The largest absolute Gasteiger partial charge is 0.497 e. The Balaban J connectivity index is 1.39. The zero-order chi connectivity index (χ0) is 18.4. The summed E-state index contributed by atoms with van der Waals surface area (Å²) in [6.45, 7) is 0.625. The molecule has 26 heavy (non-hydrogen) atoms. The fraction of sp³-hybridized carbons (Fsp3) is 0.278. The van der Waals surface area contributed by atoms with Crippen LogP contribution in [0.1, 0.15) is 0 Å². The number of hydrogen-bond donors (Lipinski definition) is 3. The van der Waals surface area contributed by atoms with Crippen molar-refractivity contribution in [3.63, 3.8) is 0 Å². The summed E-state index contributed by atoms with van der Waals surface area (Å²) in [6.07, 6.45) is -0.714. The SMILES string of the molecule is COc1ccc(OC[C@H](O)CNC(=S)Nc2ccc3c(c2)OCO3)cc1. The third kappa shape index (κ3) is 4.90. The summed E-state index contributed by atoms with van der Waals surface area (Å²) in [4.78, 5) is 0. The van der Waals surface area contributed by atoms with E-state index >= 15 is 0 Å². The summed E-state index contributed by atoms with van der Waals surface area (Å²) in [5.41, 5.74) is 0.774. The molecule has 0 radical (unpaired) electrons. The third-order valence-corrected chi connectivity index (χ3v) is 3.88. The lowest BCUT2D eigenvalue weighted by molar-refractivity contribution is 0.110. The topological polar surface area (TPSA) is 81.2 Å². The van der Waals surface area contributed by atoms with Gasteiger partial charge in [0.25, 0.3) is 0 Å². The Morgan fingerprint density at radius 3 is 2.65 bits per heavy atom. The van der Waals surface area contributed by atoms with Crippen molar-refractivity contribution in [1.82, 2.24) is 5.32 Å². The highest BCUT2D eigenvalue weighted by atomic mass is 32.1. The first kappa shape index (κ1) is 18.1. The Kier molecular flexibility index (Phi) is 5.98. The first-order valence-electron chi connectivity index (χ1n) is 8.03. The molecule has 2 aromatic rings. The van der Waals surface area contributed by atoms with Crippen molar-refractivity contribution in [2.75, 3.05) is 32.4 Å². The maximum absolute atomic E-state index is 10.0. The summed E-state index contributed by atoms with van der Waals surface area (Å²) in [5, 5.41) is 16.4. The van der Waals surface area contributed by atoms with Crippen LogP contribution in [0, 0.1) is 0 Å². The number of benzene rings is 2. The van der Waals surface area contributed by atoms with E-state index in [4.69, 9.17) is 31.2 Å². The molecule has 0 spiro atoms. The van der Waals surface area contributed by atoms with Gasteiger partial charge in [0.1, 0.15) is 24.2 Å². The Morgan fingerprint density at radius 1 is 1.15 bits per heavy atom. The van der Waals surface area contributed by atoms with Crippen LogP contribution < -0.4 is 29.6 Å². The molecule has 1 aliphatic heterocycles. The second kappa shape index (κ2) is 8.59. The summed E-state index contributed by atoms with van der Waals surface area (Å²) < 4.78 is 21.2. The Hall–Kier alpha value is -2.71. The van der Waals surface area contributed by atoms with Gasteiger partial charge in [-0.05, 0) is 48.6 Å². The molecule has 0 amide bonds. The number of methoxy groups -OCH3 is 1. The summed E-state index contributed by atoms with van der Waals surface area (Å²) in [7, 11) is 1.60. The van der Waals surface area contributed by atoms with Crippen LogP contribution in [0.4, 0.5) is 5.69 Å². The average Bonchev–Trinajstić information content (AvgIpc) is 3.13. The lowest BCUT2D eigenvalue weighted by Gasteiger charge is -2.15. The van der Waals surface area contributed by atoms with Crippen molar-refractivity contribution in [2.24, 2.45) is 0 Å². The van der Waals surface area contributed by atoms with Crippen molar-refractivity contribution in [2.45, 2.75) is 6.10 Å². The van der Waals surface area contributed by atoms with Gasteiger partial charge in [-0.15, -0.1) is 0 Å². The van der Waals surface area contributed by atoms with Crippen LogP contribution >= 0.6 is 12.2 Å². The fourth-order valence-corrected chi connectivity index (χ4v) is 2.48. The van der Waals surface area contributed by atoms with E-state index in [1.54, 1.807) is 37.4 Å². The molecule has 3 rings (SSSR count). The summed E-state index contributed by atoms with van der Waals surface area (Å²) in [5.74, 6) is 2.79. The van der Waals surface area contributed by atoms with E-state index in [1.165, 1.54) is 0 Å². The molecule has 7 nitrogen and oxygen atoms in total. The van der Waals surface area contributed by atoms with Crippen LogP contribution in [0.25, 0.3) is 0 Å². The van der Waals surface area contributed by atoms with Gasteiger partial charge in [-0.2, -0.15) is 0 Å². The van der Waals surface area contributed by atoms with Crippen molar-refractivity contribution in [3.05, 3.63) is 42.5 Å². The molecule has 0 unspecified atom stereocenters. The number of aliphatic hydroxyl groups is 1. The van der Waals surface area contributed by atoms with Gasteiger partial charge in [-0.1, -0.05) is 0 Å². The van der Waals surface area contributed by atoms with Gasteiger partial charge >= 0.3 is 0 Å². The number of nitrogens with one attached hydrogen (secondary N) is 2. The number of anilines is 1. The highest BCUT2D eigenvalue weighted by Gasteiger charge is 2.13. The van der Waals surface area contributed by atoms with Gasteiger partial charge in [0.2, 0.25) is 6.79 Å². The van der Waals surface area contributed by atoms with Gasteiger partial charge in [-0.25, -0.2) is 0 Å². The molecule has 1 heterocycles. The van der Waals surface area contributed by atoms with Gasteiger partial charge in [0, 0.05) is 18.3 Å². The lowest BCUT2D eigenvalue weighted by atomic mass is 10.3. The van der Waals surface area contributed by atoms with Crippen molar-refractivity contribution in [1.29, 1.82) is 0 Å². The molecular weight excluding hydrogens is 356 g/mol. The van der Waals surface area contributed by atoms with Gasteiger partial charge in [0.05, 0.1) is 7.11 Å². The van der Waals surface area contributed by atoms with Crippen molar-refractivity contribution in [3.8, 4) is 23.0 Å². The first-order chi connectivity index (χ1) is 12.6. The van der Waals surface area contributed by atoms with Crippen LogP contribution in [0.15, 0.2) is 42.5 Å². The van der Waals surface area contributed by atoms with Gasteiger partial charge in [-0.3, -0.25) is 0 Å². The van der Waals surface area contributed by atoms with Crippen molar-refractivity contribution < 1.29 is 24.1 Å². The van der Waals surface area contributed by atoms with E-state index < -0.39 is 6.10 Å². The fourth-order valence-electron chi connectivity index (χ4n) is 2.28.